The molecule has 2 saturated heterocycles. The monoisotopic (exact) mass is 724 g/mol. The number of nitrogens with zero attached hydrogens (tertiary/aromatic N) is 5. The molecule has 0 bridgehead atoms. The molecule has 266 valence electrons. The molecule has 0 spiro atoms. The smallest absolute Gasteiger partial charge is 0.268 e. The minimum atomic E-state index is -0.0566. The zero-order valence-corrected chi connectivity index (χ0v) is 31.1. The maximum atomic E-state index is 12.9. The Morgan fingerprint density at radius 2 is 1.16 bits per heavy atom. The number of likely N-dealkylation sites (tertiary alicyclic amines) is 1. The fraction of sp³-hybridized carbons (Fsp3) is 0.514. The number of fused-ring (bicyclic) bond motifs is 10. The Morgan fingerprint density at radius 3 is 1.65 bits per heavy atom. The number of aryl methyl sites for hydroxylation is 4. The molecule has 6 aromatic heterocycles. The van der Waals surface area contributed by atoms with Gasteiger partial charge in [0.1, 0.15) is 21.0 Å². The molecule has 4 aliphatic rings. The fourth-order valence-electron chi connectivity index (χ4n) is 8.38. The van der Waals surface area contributed by atoms with E-state index in [1.807, 2.05) is 12.4 Å². The van der Waals surface area contributed by atoms with Gasteiger partial charge >= 0.3 is 0 Å². The van der Waals surface area contributed by atoms with E-state index in [-0.39, 0.29) is 21.9 Å². The molecule has 2 aliphatic heterocycles. The molecule has 0 atom stereocenters. The molecule has 8 heterocycles. The van der Waals surface area contributed by atoms with Crippen LogP contribution in [0.5, 0.6) is 0 Å². The summed E-state index contributed by atoms with van der Waals surface area (Å²) < 4.78 is 1.50. The number of H-pyrrole nitrogens is 4. The van der Waals surface area contributed by atoms with Gasteiger partial charge in [0.05, 0.1) is 23.4 Å². The molecule has 51 heavy (non-hydrogen) atoms. The predicted octanol–water partition coefficient (Wildman–Crippen LogP) is 5.35. The van der Waals surface area contributed by atoms with Gasteiger partial charge in [-0.05, 0) is 109 Å². The second kappa shape index (κ2) is 12.6. The van der Waals surface area contributed by atoms with Crippen molar-refractivity contribution in [3.05, 3.63) is 67.3 Å². The summed E-state index contributed by atoms with van der Waals surface area (Å²) in [7, 11) is 2.15. The Morgan fingerprint density at radius 1 is 0.686 bits per heavy atom. The first-order valence-electron chi connectivity index (χ1n) is 18.3. The number of hydrogen-bond acceptors (Lipinski definition) is 10. The summed E-state index contributed by atoms with van der Waals surface area (Å²) in [4.78, 5) is 46.6. The Kier molecular flexibility index (Phi) is 8.13. The van der Waals surface area contributed by atoms with E-state index in [4.69, 9.17) is 9.97 Å². The van der Waals surface area contributed by atoms with Crippen molar-refractivity contribution in [2.75, 3.05) is 33.2 Å². The van der Waals surface area contributed by atoms with E-state index in [0.29, 0.717) is 0 Å². The summed E-state index contributed by atoms with van der Waals surface area (Å²) in [5, 5.41) is 18.0. The van der Waals surface area contributed by atoms with Gasteiger partial charge in [-0.2, -0.15) is 10.2 Å². The van der Waals surface area contributed by atoms with Gasteiger partial charge in [0, 0.05) is 43.1 Å². The highest BCUT2D eigenvalue weighted by Crippen LogP contribution is 2.43. The molecule has 2 fully saturated rings. The normalized spacial score (nSPS) is 19.7. The highest BCUT2D eigenvalue weighted by Gasteiger charge is 2.35. The second-order valence-electron chi connectivity index (χ2n) is 15.4. The first-order valence-corrected chi connectivity index (χ1v) is 19.9. The van der Waals surface area contributed by atoms with Crippen LogP contribution in [0.3, 0.4) is 0 Å². The summed E-state index contributed by atoms with van der Waals surface area (Å²) >= 11 is 3.13. The van der Waals surface area contributed by atoms with Crippen LogP contribution in [-0.2, 0) is 36.5 Å². The quantitative estimate of drug-likeness (QED) is 0.160. The van der Waals surface area contributed by atoms with Crippen molar-refractivity contribution in [3.63, 3.8) is 0 Å². The summed E-state index contributed by atoms with van der Waals surface area (Å²) in [5.74, 6) is 1.71. The van der Waals surface area contributed by atoms with E-state index in [1.165, 1.54) is 32.3 Å². The highest BCUT2D eigenvalue weighted by atomic mass is 32.1. The average Bonchev–Trinajstić information content (AvgIpc) is 3.90. The number of hydrogen-bond donors (Lipinski definition) is 5. The molecule has 0 amide bonds. The zero-order chi connectivity index (χ0) is 34.9. The van der Waals surface area contributed by atoms with Gasteiger partial charge in [0.2, 0.25) is 0 Å². The van der Waals surface area contributed by atoms with Gasteiger partial charge in [-0.1, -0.05) is 13.8 Å². The van der Waals surface area contributed by atoms with Crippen LogP contribution in [0, 0.1) is 0 Å². The summed E-state index contributed by atoms with van der Waals surface area (Å²) in [6.07, 6.45) is 13.9. The van der Waals surface area contributed by atoms with Crippen molar-refractivity contribution in [1.82, 2.24) is 50.5 Å². The number of piperidine rings is 2. The minimum Gasteiger partial charge on any atom is -0.317 e. The first-order chi connectivity index (χ1) is 24.7. The van der Waals surface area contributed by atoms with Crippen LogP contribution in [0.1, 0.15) is 86.5 Å². The van der Waals surface area contributed by atoms with Gasteiger partial charge in [-0.25, -0.2) is 9.97 Å². The molecular weight excluding hydrogens is 681 g/mol. The molecular formula is C37H44N10O2S2. The molecule has 0 aromatic carbocycles. The van der Waals surface area contributed by atoms with Crippen LogP contribution in [-0.4, -0.2) is 78.5 Å². The Hall–Kier alpha value is -3.98. The zero-order valence-electron chi connectivity index (χ0n) is 29.4. The molecule has 5 N–H and O–H groups in total. The number of rotatable bonds is 2. The average molecular weight is 725 g/mol. The maximum Gasteiger partial charge on any atom is 0.268 e. The highest BCUT2D eigenvalue weighted by molar-refractivity contribution is 7.22. The van der Waals surface area contributed by atoms with Gasteiger partial charge < -0.3 is 20.2 Å². The Labute approximate surface area is 302 Å². The van der Waals surface area contributed by atoms with Crippen LogP contribution < -0.4 is 16.4 Å². The number of thiophene rings is 2. The lowest BCUT2D eigenvalue weighted by Gasteiger charge is -2.36. The van der Waals surface area contributed by atoms with Crippen LogP contribution in [0.4, 0.5) is 0 Å². The van der Waals surface area contributed by atoms with E-state index in [9.17, 15) is 9.59 Å². The molecule has 0 radical (unpaired) electrons. The van der Waals surface area contributed by atoms with E-state index in [1.54, 1.807) is 22.7 Å². The third kappa shape index (κ3) is 5.62. The molecule has 6 aromatic rings. The van der Waals surface area contributed by atoms with Crippen molar-refractivity contribution in [3.8, 4) is 20.9 Å². The molecule has 14 heteroatoms. The van der Waals surface area contributed by atoms with Crippen molar-refractivity contribution < 1.29 is 0 Å². The first kappa shape index (κ1) is 32.9. The number of aromatic amines is 4. The standard InChI is InChI=1S/C19H23N5OS.C18H21N5OS/c1-19(6-8-24(2)9-7-19)18-21-14-11-4-3-5-13-12(10-20-23-13)15(11)26-16(14)17(25)22-18;1-18(5-7-19-8-6-18)17-21-13-10-3-2-4-12-11(9-20-23-12)14(10)25-15(13)16(24)22-17/h10H,3-9H2,1-2H3,(H,20,23)(H,21,22,25);9,19H,2-8H2,1H3,(H,20,23)(H,21,22,24). The maximum absolute atomic E-state index is 12.9. The molecule has 12 nitrogen and oxygen atoms in total. The number of aromatic nitrogens is 8. The lowest BCUT2D eigenvalue weighted by molar-refractivity contribution is 0.193. The molecule has 0 saturated carbocycles. The summed E-state index contributed by atoms with van der Waals surface area (Å²) in [6.45, 7) is 8.48. The van der Waals surface area contributed by atoms with Gasteiger partial charge in [0.15, 0.2) is 0 Å². The van der Waals surface area contributed by atoms with Crippen molar-refractivity contribution >= 4 is 43.1 Å². The number of nitrogens with one attached hydrogen (secondary N) is 5. The fourth-order valence-corrected chi connectivity index (χ4v) is 10.8. The largest absolute Gasteiger partial charge is 0.317 e. The third-order valence-corrected chi connectivity index (χ3v) is 14.4. The SMILES string of the molecule is CC1(c2nc3c4c(sc3c(=O)[nH]2)-c2cn[nH]c2CCC4)CCNCC1.CN1CCC(C)(c2nc3c4c(sc3c(=O)[nH]2)-c2cn[nH]c2CCC4)CC1. The minimum absolute atomic E-state index is 0.00266. The van der Waals surface area contributed by atoms with Crippen LogP contribution in [0.15, 0.2) is 22.0 Å². The van der Waals surface area contributed by atoms with E-state index in [2.05, 4.69) is 61.5 Å². The summed E-state index contributed by atoms with van der Waals surface area (Å²) in [5.41, 5.74) is 8.82. The lowest BCUT2D eigenvalue weighted by atomic mass is 9.79. The molecule has 2 aliphatic carbocycles. The van der Waals surface area contributed by atoms with Crippen LogP contribution >= 0.6 is 22.7 Å². The lowest BCUT2D eigenvalue weighted by Crippen LogP contribution is -2.40. The Balaban J connectivity index is 0.000000137. The van der Waals surface area contributed by atoms with Crippen molar-refractivity contribution in [2.24, 2.45) is 0 Å². The van der Waals surface area contributed by atoms with Gasteiger partial charge in [0.25, 0.3) is 11.1 Å². The summed E-state index contributed by atoms with van der Waals surface area (Å²) in [6, 6.07) is 0. The van der Waals surface area contributed by atoms with Crippen LogP contribution in [0.25, 0.3) is 41.3 Å². The molecule has 0 unspecified atom stereocenters. The predicted molar refractivity (Wildman–Crippen MR) is 203 cm³/mol. The van der Waals surface area contributed by atoms with E-state index >= 15 is 0 Å². The van der Waals surface area contributed by atoms with Crippen molar-refractivity contribution in [2.45, 2.75) is 88.9 Å². The topological polar surface area (TPSA) is 164 Å². The second-order valence-corrected chi connectivity index (χ2v) is 17.5. The van der Waals surface area contributed by atoms with Gasteiger partial charge in [-0.15, -0.1) is 22.7 Å². The van der Waals surface area contributed by atoms with Gasteiger partial charge in [-0.3, -0.25) is 19.8 Å². The van der Waals surface area contributed by atoms with E-state index < -0.39 is 0 Å². The van der Waals surface area contributed by atoms with Crippen LogP contribution in [0.2, 0.25) is 0 Å². The molecule has 10 rings (SSSR count). The van der Waals surface area contributed by atoms with Crippen molar-refractivity contribution in [1.29, 1.82) is 0 Å². The van der Waals surface area contributed by atoms with E-state index in [0.717, 1.165) is 134 Å². The third-order valence-electron chi connectivity index (χ3n) is 11.9. The Bertz CT molecular complexity index is 2380.